The number of hydrogen-bond donors (Lipinski definition) is 1. The molecule has 7 nitrogen and oxygen atoms in total. The van der Waals surface area contributed by atoms with Gasteiger partial charge < -0.3 is 14.6 Å². The molecule has 1 N–H and O–H groups in total. The molecule has 0 spiro atoms. The van der Waals surface area contributed by atoms with Crippen LogP contribution in [0.25, 0.3) is 17.0 Å². The van der Waals surface area contributed by atoms with Crippen molar-refractivity contribution < 1.29 is 9.53 Å². The number of nitrogens with zero attached hydrogens (tertiary/aromatic N) is 3. The van der Waals surface area contributed by atoms with Gasteiger partial charge in [0.25, 0.3) is 11.5 Å². The minimum absolute atomic E-state index is 0.214. The monoisotopic (exact) mass is 644 g/mol. The smallest absolute Gasteiger partial charge is 0.271 e. The number of thiazole rings is 1. The Bertz CT molecular complexity index is 2320. The summed E-state index contributed by atoms with van der Waals surface area (Å²) in [5.74, 6) is 0.368. The number of anilines is 1. The predicted octanol–water partition coefficient (Wildman–Crippen LogP) is 6.54. The molecule has 3 heterocycles. The molecule has 0 unspecified atom stereocenters. The normalized spacial score (nSPS) is 14.7. The van der Waals surface area contributed by atoms with E-state index in [0.717, 1.165) is 27.6 Å². The second-order valence-electron chi connectivity index (χ2n) is 11.0. The van der Waals surface area contributed by atoms with Crippen LogP contribution in [0.3, 0.4) is 0 Å². The van der Waals surface area contributed by atoms with Gasteiger partial charge in [-0.2, -0.15) is 0 Å². The number of rotatable bonds is 7. The van der Waals surface area contributed by atoms with Gasteiger partial charge in [0.05, 0.1) is 29.0 Å². The van der Waals surface area contributed by atoms with Crippen LogP contribution in [0, 0.1) is 0 Å². The Morgan fingerprint density at radius 1 is 1.00 bits per heavy atom. The minimum Gasteiger partial charge on any atom is -0.497 e. The van der Waals surface area contributed by atoms with Crippen LogP contribution in [0.2, 0.25) is 5.02 Å². The zero-order chi connectivity index (χ0) is 31.8. The van der Waals surface area contributed by atoms with E-state index in [9.17, 15) is 9.59 Å². The number of halogens is 1. The van der Waals surface area contributed by atoms with E-state index in [-0.39, 0.29) is 11.5 Å². The van der Waals surface area contributed by atoms with Gasteiger partial charge in [-0.1, -0.05) is 83.6 Å². The van der Waals surface area contributed by atoms with E-state index in [1.54, 1.807) is 11.7 Å². The van der Waals surface area contributed by atoms with Crippen LogP contribution in [0.1, 0.15) is 29.7 Å². The molecule has 1 aliphatic heterocycles. The van der Waals surface area contributed by atoms with E-state index >= 15 is 0 Å². The molecule has 0 fully saturated rings. The Hall–Kier alpha value is -5.18. The molecule has 9 heteroatoms. The number of benzene rings is 4. The van der Waals surface area contributed by atoms with Crippen LogP contribution < -0.4 is 24.9 Å². The van der Waals surface area contributed by atoms with Gasteiger partial charge in [0.2, 0.25) is 0 Å². The summed E-state index contributed by atoms with van der Waals surface area (Å²) in [5, 5.41) is 4.71. The molecular weight excluding hydrogens is 616 g/mol. The third kappa shape index (κ3) is 5.57. The van der Waals surface area contributed by atoms with E-state index < -0.39 is 6.04 Å². The molecule has 6 aromatic rings. The molecule has 0 bridgehead atoms. The summed E-state index contributed by atoms with van der Waals surface area (Å²) >= 11 is 7.58. The lowest BCUT2D eigenvalue weighted by Crippen LogP contribution is -2.40. The van der Waals surface area contributed by atoms with Crippen molar-refractivity contribution in [2.24, 2.45) is 4.99 Å². The van der Waals surface area contributed by atoms with Gasteiger partial charge in [0.1, 0.15) is 5.75 Å². The lowest BCUT2D eigenvalue weighted by atomic mass is 9.95. The molecule has 0 saturated heterocycles. The Morgan fingerprint density at radius 2 is 1.76 bits per heavy atom. The molecule has 4 aromatic carbocycles. The van der Waals surface area contributed by atoms with Crippen molar-refractivity contribution in [3.05, 3.63) is 162 Å². The average Bonchev–Trinajstić information content (AvgIpc) is 3.56. The van der Waals surface area contributed by atoms with Crippen molar-refractivity contribution in [3.8, 4) is 5.75 Å². The maximum absolute atomic E-state index is 14.3. The van der Waals surface area contributed by atoms with Crippen LogP contribution in [0.15, 0.2) is 130 Å². The standard InChI is InChI=1S/C37H29ClN4O3S/c1-23-33(35(43)40-28-11-4-3-5-12-28)34(25-15-17-29(45-2)18-16-25)42-36(44)32(46-37(42)39-23)20-26-22-41(31-14-7-6-13-30(26)31)21-24-9-8-10-27(38)19-24/h3-20,22,34H,21H2,1-2H3,(H,40,43)/b32-20+/t34-/m0/s1. The predicted molar refractivity (Wildman–Crippen MR) is 184 cm³/mol. The van der Waals surface area contributed by atoms with Crippen LogP contribution in [-0.4, -0.2) is 22.2 Å². The number of amides is 1. The molecule has 46 heavy (non-hydrogen) atoms. The number of allylic oxidation sites excluding steroid dienone is 1. The highest BCUT2D eigenvalue weighted by atomic mass is 35.5. The molecule has 228 valence electrons. The number of para-hydroxylation sites is 2. The zero-order valence-electron chi connectivity index (χ0n) is 25.1. The first-order chi connectivity index (χ1) is 22.4. The van der Waals surface area contributed by atoms with Crippen LogP contribution in [-0.2, 0) is 11.3 Å². The second kappa shape index (κ2) is 12.3. The molecule has 1 amide bonds. The van der Waals surface area contributed by atoms with Crippen molar-refractivity contribution in [1.29, 1.82) is 0 Å². The Morgan fingerprint density at radius 3 is 2.52 bits per heavy atom. The zero-order valence-corrected chi connectivity index (χ0v) is 26.7. The number of aromatic nitrogens is 2. The summed E-state index contributed by atoms with van der Waals surface area (Å²) in [5.41, 5.74) is 5.23. The molecule has 1 atom stereocenters. The number of nitrogens with one attached hydrogen (secondary N) is 1. The summed E-state index contributed by atoms with van der Waals surface area (Å²) in [7, 11) is 1.60. The lowest BCUT2D eigenvalue weighted by Gasteiger charge is -2.25. The van der Waals surface area contributed by atoms with Gasteiger partial charge in [-0.25, -0.2) is 4.99 Å². The summed E-state index contributed by atoms with van der Waals surface area (Å²) < 4.78 is 9.72. The van der Waals surface area contributed by atoms with Crippen molar-refractivity contribution >= 4 is 51.5 Å². The number of hydrogen-bond acceptors (Lipinski definition) is 5. The van der Waals surface area contributed by atoms with E-state index in [4.69, 9.17) is 21.3 Å². The van der Waals surface area contributed by atoms with Crippen LogP contribution in [0.5, 0.6) is 5.75 Å². The third-order valence-corrected chi connectivity index (χ3v) is 9.30. The van der Waals surface area contributed by atoms with E-state index in [2.05, 4.69) is 28.2 Å². The third-order valence-electron chi connectivity index (χ3n) is 8.08. The Labute approximate surface area is 274 Å². The largest absolute Gasteiger partial charge is 0.497 e. The van der Waals surface area contributed by atoms with Gasteiger partial charge in [0.15, 0.2) is 4.80 Å². The maximum atomic E-state index is 14.3. The van der Waals surface area contributed by atoms with Gasteiger partial charge in [-0.3, -0.25) is 14.2 Å². The molecule has 0 saturated carbocycles. The molecule has 1 aliphatic rings. The fourth-order valence-electron chi connectivity index (χ4n) is 5.93. The van der Waals surface area contributed by atoms with Gasteiger partial charge in [-0.05, 0) is 66.6 Å². The molecular formula is C37H29ClN4O3S. The van der Waals surface area contributed by atoms with Crippen LogP contribution >= 0.6 is 22.9 Å². The molecule has 0 aliphatic carbocycles. The molecule has 2 aromatic heterocycles. The number of methoxy groups -OCH3 is 1. The topological polar surface area (TPSA) is 77.6 Å². The minimum atomic E-state index is -0.683. The van der Waals surface area contributed by atoms with E-state index in [1.807, 2.05) is 104 Å². The van der Waals surface area contributed by atoms with Crippen molar-refractivity contribution in [2.45, 2.75) is 19.5 Å². The number of ether oxygens (including phenoxy) is 1. The lowest BCUT2D eigenvalue weighted by molar-refractivity contribution is -0.113. The van der Waals surface area contributed by atoms with Crippen molar-refractivity contribution in [3.63, 3.8) is 0 Å². The quantitative estimate of drug-likeness (QED) is 0.214. The maximum Gasteiger partial charge on any atom is 0.271 e. The number of carbonyl (C=O) groups excluding carboxylic acids is 1. The highest BCUT2D eigenvalue weighted by Gasteiger charge is 2.32. The first-order valence-corrected chi connectivity index (χ1v) is 15.9. The highest BCUT2D eigenvalue weighted by molar-refractivity contribution is 7.07. The van der Waals surface area contributed by atoms with E-state index in [0.29, 0.717) is 43.6 Å². The summed E-state index contributed by atoms with van der Waals surface area (Å²) in [6, 6.07) is 32.0. The highest BCUT2D eigenvalue weighted by Crippen LogP contribution is 2.32. The SMILES string of the molecule is COc1ccc([C@H]2C(C(=O)Nc3ccccc3)=C(C)N=c3s/c(=C/c4cn(Cc5cccc(Cl)c5)c5ccccc45)c(=O)n32)cc1. The second-order valence-corrected chi connectivity index (χ2v) is 12.5. The fraction of sp³-hybridized carbons (Fsp3) is 0.108. The van der Waals surface area contributed by atoms with Gasteiger partial charge in [0, 0.05) is 39.9 Å². The first kappa shape index (κ1) is 29.5. The first-order valence-electron chi connectivity index (χ1n) is 14.7. The van der Waals surface area contributed by atoms with Crippen LogP contribution in [0.4, 0.5) is 5.69 Å². The van der Waals surface area contributed by atoms with Gasteiger partial charge >= 0.3 is 0 Å². The average molecular weight is 645 g/mol. The van der Waals surface area contributed by atoms with E-state index in [1.165, 1.54) is 11.3 Å². The molecule has 0 radical (unpaired) electrons. The summed E-state index contributed by atoms with van der Waals surface area (Å²) in [4.78, 5) is 33.5. The number of fused-ring (bicyclic) bond motifs is 2. The molecule has 7 rings (SSSR count). The Balaban J connectivity index is 1.36. The van der Waals surface area contributed by atoms with Crippen molar-refractivity contribution in [2.75, 3.05) is 12.4 Å². The van der Waals surface area contributed by atoms with Crippen molar-refractivity contribution in [1.82, 2.24) is 9.13 Å². The number of carbonyl (C=O) groups is 1. The van der Waals surface area contributed by atoms with Gasteiger partial charge in [-0.15, -0.1) is 0 Å². The summed E-state index contributed by atoms with van der Waals surface area (Å²) in [6.45, 7) is 2.45. The Kier molecular flexibility index (Phi) is 7.90. The summed E-state index contributed by atoms with van der Waals surface area (Å²) in [6.07, 6.45) is 3.99. The fourth-order valence-corrected chi connectivity index (χ4v) is 7.18.